The molecule has 1 aromatic carbocycles. The Morgan fingerprint density at radius 1 is 1.50 bits per heavy atom. The number of amides is 1. The van der Waals surface area contributed by atoms with E-state index in [9.17, 15) is 4.79 Å². The lowest BCUT2D eigenvalue weighted by Crippen LogP contribution is -2.14. The third-order valence-electron chi connectivity index (χ3n) is 2.91. The zero-order valence-corrected chi connectivity index (χ0v) is 11.3. The number of benzene rings is 1. The first-order valence-electron chi connectivity index (χ1n) is 6.02. The van der Waals surface area contributed by atoms with Crippen LogP contribution in [0.2, 0.25) is 0 Å². The molecule has 0 spiro atoms. The summed E-state index contributed by atoms with van der Waals surface area (Å²) in [6.07, 6.45) is 1.52. The summed E-state index contributed by atoms with van der Waals surface area (Å²) in [6.45, 7) is 1.75. The Kier molecular flexibility index (Phi) is 4.01. The molecule has 0 saturated heterocycles. The summed E-state index contributed by atoms with van der Waals surface area (Å²) in [5, 5.41) is 15.3. The second-order valence-corrected chi connectivity index (χ2v) is 4.16. The number of nitrogens with one attached hydrogen (secondary N) is 1. The number of ether oxygens (including phenoxy) is 1. The Hall–Kier alpha value is -2.81. The van der Waals surface area contributed by atoms with Crippen molar-refractivity contribution in [2.24, 2.45) is 7.05 Å². The molecule has 6 heteroatoms. The van der Waals surface area contributed by atoms with Gasteiger partial charge in [0.15, 0.2) is 6.61 Å². The van der Waals surface area contributed by atoms with Crippen molar-refractivity contribution >= 4 is 11.6 Å². The van der Waals surface area contributed by atoms with Gasteiger partial charge in [-0.15, -0.1) is 0 Å². The maximum Gasteiger partial charge on any atom is 0.259 e. The fourth-order valence-corrected chi connectivity index (χ4v) is 1.72. The third kappa shape index (κ3) is 2.78. The van der Waals surface area contributed by atoms with Crippen LogP contribution in [0.3, 0.4) is 0 Å². The zero-order chi connectivity index (χ0) is 14.5. The largest absolute Gasteiger partial charge is 0.477 e. The van der Waals surface area contributed by atoms with Crippen molar-refractivity contribution in [1.82, 2.24) is 9.78 Å². The molecular weight excluding hydrogens is 256 g/mol. The quantitative estimate of drug-likeness (QED) is 0.919. The van der Waals surface area contributed by atoms with Crippen LogP contribution in [-0.2, 0) is 7.05 Å². The van der Waals surface area contributed by atoms with Gasteiger partial charge in [0.05, 0.1) is 17.4 Å². The van der Waals surface area contributed by atoms with Gasteiger partial charge in [-0.1, -0.05) is 12.1 Å². The minimum atomic E-state index is -0.261. The lowest BCUT2D eigenvalue weighted by molar-refractivity contribution is 0.102. The molecule has 0 bridgehead atoms. The standard InChI is InChI=1S/C14H14N4O2/c1-10-11(9-16-18(10)2)14(19)17-12-5-3-4-6-13(12)20-8-7-15/h3-6,9H,8H2,1-2H3,(H,17,19). The van der Waals surface area contributed by atoms with E-state index in [0.29, 0.717) is 17.0 Å². The summed E-state index contributed by atoms with van der Waals surface area (Å²) in [7, 11) is 1.77. The number of hydrogen-bond acceptors (Lipinski definition) is 4. The normalized spacial score (nSPS) is 9.85. The van der Waals surface area contributed by atoms with E-state index in [1.807, 2.05) is 13.0 Å². The highest BCUT2D eigenvalue weighted by molar-refractivity contribution is 6.05. The van der Waals surface area contributed by atoms with Crippen molar-refractivity contribution < 1.29 is 9.53 Å². The van der Waals surface area contributed by atoms with E-state index in [1.54, 1.807) is 36.0 Å². The molecule has 6 nitrogen and oxygen atoms in total. The molecular formula is C14H14N4O2. The molecule has 1 aromatic heterocycles. The van der Waals surface area contributed by atoms with E-state index in [1.165, 1.54) is 6.20 Å². The van der Waals surface area contributed by atoms with Crippen LogP contribution in [0, 0.1) is 18.3 Å². The molecule has 1 amide bonds. The fourth-order valence-electron chi connectivity index (χ4n) is 1.72. The van der Waals surface area contributed by atoms with Crippen molar-refractivity contribution in [3.05, 3.63) is 41.7 Å². The lowest BCUT2D eigenvalue weighted by atomic mass is 10.2. The molecule has 102 valence electrons. The number of carbonyl (C=O) groups is 1. The minimum Gasteiger partial charge on any atom is -0.477 e. The predicted octanol–water partition coefficient (Wildman–Crippen LogP) is 1.88. The molecule has 0 unspecified atom stereocenters. The zero-order valence-electron chi connectivity index (χ0n) is 11.3. The summed E-state index contributed by atoms with van der Waals surface area (Å²) in [6, 6.07) is 8.87. The predicted molar refractivity (Wildman–Crippen MR) is 73.4 cm³/mol. The number of aromatic nitrogens is 2. The Morgan fingerprint density at radius 3 is 2.90 bits per heavy atom. The van der Waals surface area contributed by atoms with Gasteiger partial charge >= 0.3 is 0 Å². The number of hydrogen-bond donors (Lipinski definition) is 1. The highest BCUT2D eigenvalue weighted by Crippen LogP contribution is 2.24. The topological polar surface area (TPSA) is 79.9 Å². The Balaban J connectivity index is 2.20. The monoisotopic (exact) mass is 270 g/mol. The van der Waals surface area contributed by atoms with Gasteiger partial charge in [0, 0.05) is 12.7 Å². The molecule has 1 N–H and O–H groups in total. The van der Waals surface area contributed by atoms with Gasteiger partial charge in [-0.25, -0.2) is 0 Å². The van der Waals surface area contributed by atoms with Crippen LogP contribution in [0.5, 0.6) is 5.75 Å². The summed E-state index contributed by atoms with van der Waals surface area (Å²) < 4.78 is 6.89. The van der Waals surface area contributed by atoms with Crippen molar-refractivity contribution in [2.75, 3.05) is 11.9 Å². The molecule has 0 fully saturated rings. The summed E-state index contributed by atoms with van der Waals surface area (Å²) >= 11 is 0. The van der Waals surface area contributed by atoms with E-state index in [0.717, 1.165) is 5.69 Å². The minimum absolute atomic E-state index is 0.0706. The lowest BCUT2D eigenvalue weighted by Gasteiger charge is -2.10. The van der Waals surface area contributed by atoms with Gasteiger partial charge in [-0.2, -0.15) is 10.4 Å². The average Bonchev–Trinajstić information content (AvgIpc) is 2.78. The molecule has 20 heavy (non-hydrogen) atoms. The maximum absolute atomic E-state index is 12.2. The van der Waals surface area contributed by atoms with Crippen LogP contribution < -0.4 is 10.1 Å². The molecule has 0 atom stereocenters. The van der Waals surface area contributed by atoms with Crippen LogP contribution in [0.15, 0.2) is 30.5 Å². The van der Waals surface area contributed by atoms with Gasteiger partial charge in [0.1, 0.15) is 11.8 Å². The fraction of sp³-hybridized carbons (Fsp3) is 0.214. The van der Waals surface area contributed by atoms with Crippen molar-refractivity contribution in [3.63, 3.8) is 0 Å². The van der Waals surface area contributed by atoms with E-state index in [-0.39, 0.29) is 12.5 Å². The number of carbonyl (C=O) groups excluding carboxylic acids is 1. The van der Waals surface area contributed by atoms with Crippen LogP contribution >= 0.6 is 0 Å². The third-order valence-corrected chi connectivity index (χ3v) is 2.91. The Labute approximate surface area is 116 Å². The van der Waals surface area contributed by atoms with E-state index >= 15 is 0 Å². The number of rotatable bonds is 4. The Bertz CT molecular complexity index is 670. The summed E-state index contributed by atoms with van der Waals surface area (Å²) in [4.78, 5) is 12.2. The second kappa shape index (κ2) is 5.89. The van der Waals surface area contributed by atoms with Gasteiger partial charge < -0.3 is 10.1 Å². The molecule has 0 saturated carbocycles. The van der Waals surface area contributed by atoms with E-state index < -0.39 is 0 Å². The first-order valence-corrected chi connectivity index (χ1v) is 6.02. The highest BCUT2D eigenvalue weighted by Gasteiger charge is 2.14. The SMILES string of the molecule is Cc1c(C(=O)Nc2ccccc2OCC#N)cnn1C. The average molecular weight is 270 g/mol. The number of nitrogens with zero attached hydrogens (tertiary/aromatic N) is 3. The summed E-state index contributed by atoms with van der Waals surface area (Å²) in [5.41, 5.74) is 1.80. The molecule has 0 radical (unpaired) electrons. The molecule has 1 heterocycles. The van der Waals surface area contributed by atoms with Gasteiger partial charge in [-0.3, -0.25) is 9.48 Å². The molecule has 0 aliphatic carbocycles. The molecule has 2 rings (SSSR count). The van der Waals surface area contributed by atoms with Gasteiger partial charge in [-0.05, 0) is 19.1 Å². The van der Waals surface area contributed by atoms with Gasteiger partial charge in [0.25, 0.3) is 5.91 Å². The van der Waals surface area contributed by atoms with Crippen molar-refractivity contribution in [2.45, 2.75) is 6.92 Å². The van der Waals surface area contributed by atoms with Crippen LogP contribution in [0.25, 0.3) is 0 Å². The number of para-hydroxylation sites is 2. The molecule has 0 aliphatic rings. The van der Waals surface area contributed by atoms with Crippen molar-refractivity contribution in [3.8, 4) is 11.8 Å². The van der Waals surface area contributed by atoms with Crippen LogP contribution in [0.1, 0.15) is 16.1 Å². The van der Waals surface area contributed by atoms with Gasteiger partial charge in [0.2, 0.25) is 0 Å². The van der Waals surface area contributed by atoms with E-state index in [4.69, 9.17) is 10.00 Å². The first kappa shape index (κ1) is 13.6. The first-order chi connectivity index (χ1) is 9.63. The highest BCUT2D eigenvalue weighted by atomic mass is 16.5. The van der Waals surface area contributed by atoms with E-state index in [2.05, 4.69) is 10.4 Å². The summed E-state index contributed by atoms with van der Waals surface area (Å²) in [5.74, 6) is 0.201. The second-order valence-electron chi connectivity index (χ2n) is 4.16. The van der Waals surface area contributed by atoms with Crippen LogP contribution in [-0.4, -0.2) is 22.3 Å². The van der Waals surface area contributed by atoms with Crippen molar-refractivity contribution in [1.29, 1.82) is 5.26 Å². The maximum atomic E-state index is 12.2. The number of anilines is 1. The van der Waals surface area contributed by atoms with Crippen LogP contribution in [0.4, 0.5) is 5.69 Å². The molecule has 2 aromatic rings. The smallest absolute Gasteiger partial charge is 0.259 e. The Morgan fingerprint density at radius 2 is 2.25 bits per heavy atom. The molecule has 0 aliphatic heterocycles. The number of nitriles is 1. The number of aryl methyl sites for hydroxylation is 1.